The van der Waals surface area contributed by atoms with Crippen LogP contribution in [0.25, 0.3) is 17.0 Å². The summed E-state index contributed by atoms with van der Waals surface area (Å²) in [5.41, 5.74) is 18.5. The first kappa shape index (κ1) is 21.5. The average molecular weight is 414 g/mol. The molecule has 0 amide bonds. The summed E-state index contributed by atoms with van der Waals surface area (Å²) in [6.45, 7) is 2.73. The smallest absolute Gasteiger partial charge is 0.221 e. The van der Waals surface area contributed by atoms with Gasteiger partial charge in [-0.1, -0.05) is 18.2 Å². The highest BCUT2D eigenvalue weighted by atomic mass is 16.5. The van der Waals surface area contributed by atoms with Gasteiger partial charge in [-0.15, -0.1) is 0 Å². The minimum atomic E-state index is 0.0535. The Bertz CT molecular complexity index is 1170. The number of benzene rings is 1. The number of nitrogens with two attached hydrogens (primary N) is 1. The maximum absolute atomic E-state index is 9.29. The average Bonchev–Trinajstić information content (AvgIpc) is 2.77. The second-order valence-electron chi connectivity index (χ2n) is 6.66. The lowest BCUT2D eigenvalue weighted by Gasteiger charge is -2.10. The number of hydrogen-bond acceptors (Lipinski definition) is 9. The Morgan fingerprint density at radius 3 is 2.74 bits per heavy atom. The number of methoxy groups -OCH3 is 1. The van der Waals surface area contributed by atoms with Crippen LogP contribution >= 0.6 is 0 Å². The molecule has 0 aliphatic rings. The molecule has 4 N–H and O–H groups in total. The molecule has 9 heteroatoms. The number of nitrogens with zero attached hydrogens (tertiary/aromatic N) is 5. The molecule has 0 saturated carbocycles. The van der Waals surface area contributed by atoms with Crippen LogP contribution in [-0.4, -0.2) is 22.1 Å². The van der Waals surface area contributed by atoms with Gasteiger partial charge >= 0.3 is 0 Å². The number of aromatic nitrogens is 3. The van der Waals surface area contributed by atoms with Crippen molar-refractivity contribution in [2.45, 2.75) is 20.1 Å². The molecule has 0 spiro atoms. The van der Waals surface area contributed by atoms with E-state index in [0.717, 1.165) is 22.5 Å². The summed E-state index contributed by atoms with van der Waals surface area (Å²) in [6, 6.07) is 14.9. The van der Waals surface area contributed by atoms with Crippen LogP contribution in [-0.2, 0) is 17.9 Å². The third-order valence-electron chi connectivity index (χ3n) is 4.54. The van der Waals surface area contributed by atoms with Crippen molar-refractivity contribution in [3.05, 3.63) is 76.9 Å². The number of ether oxygens (including phenoxy) is 1. The fourth-order valence-corrected chi connectivity index (χ4v) is 3.04. The Morgan fingerprint density at radius 1 is 1.23 bits per heavy atom. The minimum Gasteiger partial charge on any atom is -0.383 e. The fraction of sp³-hybridized carbons (Fsp3) is 0.182. The second kappa shape index (κ2) is 10.0. The molecule has 156 valence electrons. The molecule has 2 heterocycles. The zero-order valence-corrected chi connectivity index (χ0v) is 17.3. The zero-order valence-electron chi connectivity index (χ0n) is 17.3. The molecule has 0 saturated heterocycles. The third kappa shape index (κ3) is 5.26. The van der Waals surface area contributed by atoms with Crippen molar-refractivity contribution >= 4 is 11.6 Å². The van der Waals surface area contributed by atoms with Gasteiger partial charge in [-0.3, -0.25) is 4.98 Å². The van der Waals surface area contributed by atoms with E-state index >= 15 is 0 Å². The first-order chi connectivity index (χ1) is 15.0. The molecule has 3 rings (SSSR count). The lowest BCUT2D eigenvalue weighted by atomic mass is 10.00. The quantitative estimate of drug-likeness (QED) is 0.478. The van der Waals surface area contributed by atoms with Crippen molar-refractivity contribution in [1.82, 2.24) is 20.3 Å². The number of nitrogens with one attached hydrogen (secondary N) is 2. The van der Waals surface area contributed by atoms with E-state index in [1.54, 1.807) is 31.5 Å². The number of nitriles is 1. The Kier molecular flexibility index (Phi) is 6.98. The monoisotopic (exact) mass is 414 g/mol. The van der Waals surface area contributed by atoms with Gasteiger partial charge in [0.15, 0.2) is 0 Å². The van der Waals surface area contributed by atoms with Crippen molar-refractivity contribution in [2.75, 3.05) is 12.8 Å². The van der Waals surface area contributed by atoms with Gasteiger partial charge < -0.3 is 15.8 Å². The van der Waals surface area contributed by atoms with Gasteiger partial charge in [0, 0.05) is 18.9 Å². The highest BCUT2D eigenvalue weighted by molar-refractivity contribution is 5.71. The Morgan fingerprint density at radius 2 is 2.00 bits per heavy atom. The molecule has 31 heavy (non-hydrogen) atoms. The van der Waals surface area contributed by atoms with Crippen LogP contribution in [0.2, 0.25) is 0 Å². The molecule has 0 bridgehead atoms. The summed E-state index contributed by atoms with van der Waals surface area (Å²) in [4.78, 5) is 13.0. The van der Waals surface area contributed by atoms with Crippen molar-refractivity contribution in [1.29, 1.82) is 10.8 Å². The highest BCUT2D eigenvalue weighted by Gasteiger charge is 2.12. The van der Waals surface area contributed by atoms with Crippen molar-refractivity contribution in [3.63, 3.8) is 0 Å². The molecule has 0 radical (unpaired) electrons. The molecular formula is C22H22N8O. The number of anilines is 1. The van der Waals surface area contributed by atoms with Crippen molar-refractivity contribution in [3.8, 4) is 17.3 Å². The molecule has 0 aliphatic carbocycles. The van der Waals surface area contributed by atoms with E-state index in [-0.39, 0.29) is 11.6 Å². The summed E-state index contributed by atoms with van der Waals surface area (Å²) in [6.07, 6.45) is 1.59. The third-order valence-corrected chi connectivity index (χ3v) is 4.54. The molecule has 0 fully saturated rings. The van der Waals surface area contributed by atoms with E-state index < -0.39 is 0 Å². The van der Waals surface area contributed by atoms with Gasteiger partial charge in [0.25, 0.3) is 0 Å². The van der Waals surface area contributed by atoms with Crippen LogP contribution in [0.5, 0.6) is 0 Å². The normalized spacial score (nSPS) is 11.1. The summed E-state index contributed by atoms with van der Waals surface area (Å²) in [5, 5.41) is 16.0. The summed E-state index contributed by atoms with van der Waals surface area (Å²) >= 11 is 0. The number of rotatable bonds is 8. The van der Waals surface area contributed by atoms with E-state index in [0.29, 0.717) is 30.1 Å². The number of pyridine rings is 1. The van der Waals surface area contributed by atoms with E-state index in [9.17, 15) is 5.26 Å². The predicted octanol–water partition coefficient (Wildman–Crippen LogP) is 3.57. The van der Waals surface area contributed by atoms with Crippen LogP contribution in [0, 0.1) is 23.8 Å². The summed E-state index contributed by atoms with van der Waals surface area (Å²) in [7, 11) is 1.62. The second-order valence-corrected chi connectivity index (χ2v) is 6.66. The van der Waals surface area contributed by atoms with E-state index in [1.165, 1.54) is 0 Å². The molecule has 9 nitrogen and oxygen atoms in total. The predicted molar refractivity (Wildman–Crippen MR) is 116 cm³/mol. The molecule has 1 aromatic carbocycles. The van der Waals surface area contributed by atoms with Gasteiger partial charge in [0.05, 0.1) is 47.6 Å². The van der Waals surface area contributed by atoms with E-state index in [2.05, 4.69) is 31.5 Å². The van der Waals surface area contributed by atoms with Gasteiger partial charge in [0.2, 0.25) is 5.95 Å². The first-order valence-corrected chi connectivity index (χ1v) is 9.45. The lowest BCUT2D eigenvalue weighted by Crippen LogP contribution is -2.09. The maximum atomic E-state index is 9.29. The molecular weight excluding hydrogens is 392 g/mol. The van der Waals surface area contributed by atoms with E-state index in [1.807, 2.05) is 31.2 Å². The SMILES string of the molecule is COCc1cccc(CN/C=C(\N=N)c2cc(-c3cccc(C#N)c3C)nc(N)n2)n1. The Labute approximate surface area is 180 Å². The molecule has 2 aromatic heterocycles. The van der Waals surface area contributed by atoms with Crippen LogP contribution in [0.1, 0.15) is 28.2 Å². The Balaban J connectivity index is 1.86. The van der Waals surface area contributed by atoms with E-state index in [4.69, 9.17) is 16.0 Å². The van der Waals surface area contributed by atoms with Gasteiger partial charge in [0.1, 0.15) is 5.70 Å². The van der Waals surface area contributed by atoms with Gasteiger partial charge in [-0.05, 0) is 36.8 Å². The topological polar surface area (TPSA) is 146 Å². The number of nitrogen functional groups attached to an aromatic ring is 1. The van der Waals surface area contributed by atoms with Crippen LogP contribution in [0.3, 0.4) is 0 Å². The lowest BCUT2D eigenvalue weighted by molar-refractivity contribution is 0.181. The molecule has 0 atom stereocenters. The van der Waals surface area contributed by atoms with Crippen LogP contribution < -0.4 is 11.1 Å². The highest BCUT2D eigenvalue weighted by Crippen LogP contribution is 2.26. The summed E-state index contributed by atoms with van der Waals surface area (Å²) < 4.78 is 5.10. The first-order valence-electron chi connectivity index (χ1n) is 9.45. The maximum Gasteiger partial charge on any atom is 0.221 e. The van der Waals surface area contributed by atoms with Crippen molar-refractivity contribution < 1.29 is 4.74 Å². The molecule has 0 aliphatic heterocycles. The number of hydrogen-bond donors (Lipinski definition) is 3. The zero-order chi connectivity index (χ0) is 22.2. The standard InChI is InChI=1S/C22H22N8O/c1-14-15(10-23)5-3-8-18(14)19-9-20(29-22(24)28-19)21(30-25)12-26-11-16-6-4-7-17(27-16)13-31-2/h3-9,12,25-26H,11,13H2,1-2H3,(H2,24,28,29)/b21-12-,30-25?. The van der Waals surface area contributed by atoms with Crippen molar-refractivity contribution in [2.24, 2.45) is 5.11 Å². The summed E-state index contributed by atoms with van der Waals surface area (Å²) in [5.74, 6) is 0.0535. The van der Waals surface area contributed by atoms with Gasteiger partial charge in [-0.25, -0.2) is 15.5 Å². The van der Waals surface area contributed by atoms with Crippen LogP contribution in [0.15, 0.2) is 53.8 Å². The van der Waals surface area contributed by atoms with Crippen LogP contribution in [0.4, 0.5) is 5.95 Å². The minimum absolute atomic E-state index is 0.0535. The fourth-order valence-electron chi connectivity index (χ4n) is 3.04. The largest absolute Gasteiger partial charge is 0.383 e. The Hall–Kier alpha value is -4.16. The molecule has 0 unspecified atom stereocenters. The van der Waals surface area contributed by atoms with Gasteiger partial charge in [-0.2, -0.15) is 10.4 Å². The molecule has 3 aromatic rings.